The number of rotatable bonds is 7. The molecule has 0 aromatic heterocycles. The fourth-order valence-electron chi connectivity index (χ4n) is 4.12. The van der Waals surface area contributed by atoms with Crippen LogP contribution in [0, 0.1) is 17.8 Å². The summed E-state index contributed by atoms with van der Waals surface area (Å²) in [5, 5.41) is 2.69. The first-order chi connectivity index (χ1) is 12.1. The Bertz CT molecular complexity index is 622. The van der Waals surface area contributed by atoms with Gasteiger partial charge >= 0.3 is 5.97 Å². The number of amides is 1. The molecule has 3 atom stereocenters. The van der Waals surface area contributed by atoms with E-state index in [2.05, 4.69) is 5.32 Å². The number of benzene rings is 1. The summed E-state index contributed by atoms with van der Waals surface area (Å²) < 4.78 is 15.5. The maximum atomic E-state index is 12.0. The molecule has 2 aliphatic carbocycles. The SMILES string of the molecule is COc1cc(NC(=O)COC(=O)C[C@@H]2C[C@@H]3CC[C@@H]2C3)cc(OC)c1. The van der Waals surface area contributed by atoms with Crippen LogP contribution in [0.4, 0.5) is 5.69 Å². The molecule has 0 spiro atoms. The third-order valence-electron chi connectivity index (χ3n) is 5.31. The van der Waals surface area contributed by atoms with Crippen molar-refractivity contribution in [1.29, 1.82) is 0 Å². The number of methoxy groups -OCH3 is 2. The molecule has 3 rings (SSSR count). The fraction of sp³-hybridized carbons (Fsp3) is 0.579. The van der Waals surface area contributed by atoms with Crippen molar-refractivity contribution in [2.75, 3.05) is 26.1 Å². The molecule has 136 valence electrons. The van der Waals surface area contributed by atoms with Gasteiger partial charge in [0.1, 0.15) is 11.5 Å². The summed E-state index contributed by atoms with van der Waals surface area (Å²) in [7, 11) is 3.08. The maximum absolute atomic E-state index is 12.0. The molecule has 0 saturated heterocycles. The number of carbonyl (C=O) groups is 2. The summed E-state index contributed by atoms with van der Waals surface area (Å²) in [6.45, 7) is -0.279. The molecule has 0 aliphatic heterocycles. The lowest BCUT2D eigenvalue weighted by atomic mass is 9.86. The molecule has 0 heterocycles. The number of carbonyl (C=O) groups excluding carboxylic acids is 2. The Morgan fingerprint density at radius 2 is 1.80 bits per heavy atom. The van der Waals surface area contributed by atoms with Crippen LogP contribution in [0.1, 0.15) is 32.1 Å². The molecule has 1 aromatic rings. The van der Waals surface area contributed by atoms with Crippen molar-refractivity contribution >= 4 is 17.6 Å². The zero-order valence-electron chi connectivity index (χ0n) is 14.7. The molecule has 0 radical (unpaired) electrons. The number of hydrogen-bond donors (Lipinski definition) is 1. The highest BCUT2D eigenvalue weighted by Crippen LogP contribution is 2.49. The standard InChI is InChI=1S/C19H25NO5/c1-23-16-8-15(9-17(10-16)24-2)20-18(21)11-25-19(22)7-14-6-12-3-4-13(14)5-12/h8-10,12-14H,3-7,11H2,1-2H3,(H,20,21)/t12-,13-,14+/m1/s1. The number of nitrogens with one attached hydrogen (secondary N) is 1. The minimum atomic E-state index is -0.378. The number of ether oxygens (including phenoxy) is 3. The van der Waals surface area contributed by atoms with Gasteiger partial charge in [0.2, 0.25) is 0 Å². The van der Waals surface area contributed by atoms with E-state index in [1.54, 1.807) is 18.2 Å². The Hall–Kier alpha value is -2.24. The quantitative estimate of drug-likeness (QED) is 0.768. The zero-order chi connectivity index (χ0) is 17.8. The second-order valence-corrected chi connectivity index (χ2v) is 6.95. The van der Waals surface area contributed by atoms with Crippen LogP contribution >= 0.6 is 0 Å². The number of fused-ring (bicyclic) bond motifs is 2. The van der Waals surface area contributed by atoms with Gasteiger partial charge in [0.05, 0.1) is 14.2 Å². The highest BCUT2D eigenvalue weighted by molar-refractivity contribution is 5.93. The molecule has 0 unspecified atom stereocenters. The van der Waals surface area contributed by atoms with E-state index in [4.69, 9.17) is 14.2 Å². The summed E-state index contributed by atoms with van der Waals surface area (Å²) >= 11 is 0. The summed E-state index contributed by atoms with van der Waals surface area (Å²) in [5.41, 5.74) is 0.533. The minimum absolute atomic E-state index is 0.279. The van der Waals surface area contributed by atoms with E-state index in [1.165, 1.54) is 33.5 Å². The molecule has 2 fully saturated rings. The summed E-state index contributed by atoms with van der Waals surface area (Å²) in [6, 6.07) is 5.07. The number of esters is 1. The van der Waals surface area contributed by atoms with Gasteiger partial charge in [-0.15, -0.1) is 0 Å². The molecule has 6 heteroatoms. The molecule has 2 aliphatic rings. The van der Waals surface area contributed by atoms with Crippen molar-refractivity contribution in [3.05, 3.63) is 18.2 Å². The van der Waals surface area contributed by atoms with Crippen molar-refractivity contribution < 1.29 is 23.8 Å². The van der Waals surface area contributed by atoms with Crippen molar-refractivity contribution in [2.24, 2.45) is 17.8 Å². The molecule has 25 heavy (non-hydrogen) atoms. The average Bonchev–Trinajstić information content (AvgIpc) is 3.22. The molecule has 2 saturated carbocycles. The van der Waals surface area contributed by atoms with Gasteiger partial charge in [-0.2, -0.15) is 0 Å². The second-order valence-electron chi connectivity index (χ2n) is 6.95. The highest BCUT2D eigenvalue weighted by atomic mass is 16.5. The van der Waals surface area contributed by atoms with Crippen molar-refractivity contribution in [3.8, 4) is 11.5 Å². The van der Waals surface area contributed by atoms with Crippen LogP contribution in [0.25, 0.3) is 0 Å². The van der Waals surface area contributed by atoms with Gasteiger partial charge < -0.3 is 19.5 Å². The summed E-state index contributed by atoms with van der Waals surface area (Å²) in [4.78, 5) is 24.0. The smallest absolute Gasteiger partial charge is 0.306 e. The van der Waals surface area contributed by atoms with E-state index in [1.807, 2.05) is 0 Å². The number of hydrogen-bond acceptors (Lipinski definition) is 5. The van der Waals surface area contributed by atoms with Crippen molar-refractivity contribution in [2.45, 2.75) is 32.1 Å². The van der Waals surface area contributed by atoms with Crippen LogP contribution in [0.2, 0.25) is 0 Å². The van der Waals surface area contributed by atoms with Gasteiger partial charge in [-0.3, -0.25) is 9.59 Å². The highest BCUT2D eigenvalue weighted by Gasteiger charge is 2.40. The predicted octanol–water partition coefficient (Wildman–Crippen LogP) is 3.01. The molecule has 6 nitrogen and oxygen atoms in total. The molecule has 2 bridgehead atoms. The summed E-state index contributed by atoms with van der Waals surface area (Å²) in [5.74, 6) is 2.40. The molecular formula is C19H25NO5. The predicted molar refractivity (Wildman–Crippen MR) is 92.7 cm³/mol. The van der Waals surface area contributed by atoms with Gasteiger partial charge in [0.25, 0.3) is 5.91 Å². The minimum Gasteiger partial charge on any atom is -0.497 e. The monoisotopic (exact) mass is 347 g/mol. The molecular weight excluding hydrogens is 322 g/mol. The average molecular weight is 347 g/mol. The third-order valence-corrected chi connectivity index (χ3v) is 5.31. The Labute approximate surface area is 147 Å². The van der Waals surface area contributed by atoms with E-state index in [0.717, 1.165) is 12.3 Å². The van der Waals surface area contributed by atoms with Gasteiger partial charge in [0.15, 0.2) is 6.61 Å². The van der Waals surface area contributed by atoms with E-state index < -0.39 is 0 Å². The lowest BCUT2D eigenvalue weighted by Gasteiger charge is -2.20. The lowest BCUT2D eigenvalue weighted by Crippen LogP contribution is -2.23. The Balaban J connectivity index is 1.45. The van der Waals surface area contributed by atoms with Gasteiger partial charge in [-0.05, 0) is 37.0 Å². The second kappa shape index (κ2) is 7.76. The normalized spacial score (nSPS) is 24.0. The zero-order valence-corrected chi connectivity index (χ0v) is 14.7. The molecule has 1 aromatic carbocycles. The van der Waals surface area contributed by atoms with Gasteiger partial charge in [-0.25, -0.2) is 0 Å². The number of anilines is 1. The van der Waals surface area contributed by atoms with Gasteiger partial charge in [-0.1, -0.05) is 6.42 Å². The van der Waals surface area contributed by atoms with Crippen LogP contribution in [-0.2, 0) is 14.3 Å². The van der Waals surface area contributed by atoms with Crippen LogP contribution in [0.3, 0.4) is 0 Å². The first kappa shape index (κ1) is 17.6. The van der Waals surface area contributed by atoms with Crippen molar-refractivity contribution in [3.63, 3.8) is 0 Å². The van der Waals surface area contributed by atoms with E-state index in [-0.39, 0.29) is 18.5 Å². The summed E-state index contributed by atoms with van der Waals surface area (Å²) in [6.07, 6.45) is 5.37. The van der Waals surface area contributed by atoms with Crippen LogP contribution in [0.5, 0.6) is 11.5 Å². The van der Waals surface area contributed by atoms with Crippen molar-refractivity contribution in [1.82, 2.24) is 0 Å². The van der Waals surface area contributed by atoms with Crippen LogP contribution in [-0.4, -0.2) is 32.7 Å². The first-order valence-corrected chi connectivity index (χ1v) is 8.76. The largest absolute Gasteiger partial charge is 0.497 e. The van der Waals surface area contributed by atoms with Crippen LogP contribution < -0.4 is 14.8 Å². The van der Waals surface area contributed by atoms with Crippen LogP contribution in [0.15, 0.2) is 18.2 Å². The maximum Gasteiger partial charge on any atom is 0.306 e. The Morgan fingerprint density at radius 1 is 1.08 bits per heavy atom. The van der Waals surface area contributed by atoms with E-state index in [0.29, 0.717) is 35.4 Å². The Kier molecular flexibility index (Phi) is 5.46. The fourth-order valence-corrected chi connectivity index (χ4v) is 4.12. The topological polar surface area (TPSA) is 73.9 Å². The van der Waals surface area contributed by atoms with E-state index in [9.17, 15) is 9.59 Å². The molecule has 1 N–H and O–H groups in total. The Morgan fingerprint density at radius 3 is 2.36 bits per heavy atom. The molecule has 1 amide bonds. The van der Waals surface area contributed by atoms with E-state index >= 15 is 0 Å². The van der Waals surface area contributed by atoms with Gasteiger partial charge in [0, 0.05) is 30.3 Å². The lowest BCUT2D eigenvalue weighted by molar-refractivity contribution is -0.148. The third kappa shape index (κ3) is 4.44. The first-order valence-electron chi connectivity index (χ1n) is 8.76.